The molecule has 1 aliphatic heterocycles. The fourth-order valence-electron chi connectivity index (χ4n) is 3.62. The molecule has 0 amide bonds. The molecule has 0 bridgehead atoms. The van der Waals surface area contributed by atoms with Crippen molar-refractivity contribution in [3.05, 3.63) is 53.3 Å². The van der Waals surface area contributed by atoms with Crippen LogP contribution in [0.15, 0.2) is 36.7 Å². The molecule has 0 radical (unpaired) electrons. The summed E-state index contributed by atoms with van der Waals surface area (Å²) in [5.41, 5.74) is 9.53. The summed E-state index contributed by atoms with van der Waals surface area (Å²) >= 11 is 0. The molecule has 2 N–H and O–H groups in total. The van der Waals surface area contributed by atoms with Gasteiger partial charge in [-0.15, -0.1) is 0 Å². The lowest BCUT2D eigenvalue weighted by Gasteiger charge is -2.23. The SMILES string of the molecule is CCN(Cc1cnn(C)c1)C[C@@H]1CC[C@H](Cc2cccc(CN)c2)O1. The minimum Gasteiger partial charge on any atom is -0.373 e. The van der Waals surface area contributed by atoms with Crippen LogP contribution in [0.4, 0.5) is 0 Å². The molecule has 1 aliphatic rings. The van der Waals surface area contributed by atoms with E-state index < -0.39 is 0 Å². The third kappa shape index (κ3) is 5.14. The van der Waals surface area contributed by atoms with Gasteiger partial charge in [0.25, 0.3) is 0 Å². The molecule has 0 spiro atoms. The summed E-state index contributed by atoms with van der Waals surface area (Å²) in [7, 11) is 1.96. The van der Waals surface area contributed by atoms with Crippen molar-refractivity contribution < 1.29 is 4.74 Å². The Labute approximate surface area is 150 Å². The zero-order valence-corrected chi connectivity index (χ0v) is 15.4. The highest BCUT2D eigenvalue weighted by atomic mass is 16.5. The molecule has 1 fully saturated rings. The van der Waals surface area contributed by atoms with Crippen molar-refractivity contribution in [1.82, 2.24) is 14.7 Å². The first-order valence-corrected chi connectivity index (χ1v) is 9.29. The minimum atomic E-state index is 0.329. The number of likely N-dealkylation sites (N-methyl/N-ethyl adjacent to an activating group) is 1. The van der Waals surface area contributed by atoms with Crippen molar-refractivity contribution in [2.24, 2.45) is 12.8 Å². The zero-order chi connectivity index (χ0) is 17.6. The van der Waals surface area contributed by atoms with E-state index in [0.29, 0.717) is 18.8 Å². The highest BCUT2D eigenvalue weighted by molar-refractivity contribution is 5.24. The molecule has 1 aromatic heterocycles. The van der Waals surface area contributed by atoms with E-state index in [4.69, 9.17) is 10.5 Å². The Hall–Kier alpha value is -1.69. The zero-order valence-electron chi connectivity index (χ0n) is 15.4. The van der Waals surface area contributed by atoms with Gasteiger partial charge in [0.05, 0.1) is 18.4 Å². The standard InChI is InChI=1S/C20H30N4O/c1-3-24(14-18-12-22-23(2)13-18)15-20-8-7-19(25-20)10-16-5-4-6-17(9-16)11-21/h4-6,9,12-13,19-20H,3,7-8,10-11,14-15,21H2,1-2H3/t19-,20+/m1/s1. The first-order valence-electron chi connectivity index (χ1n) is 9.29. The second-order valence-electron chi connectivity index (χ2n) is 7.04. The van der Waals surface area contributed by atoms with Gasteiger partial charge < -0.3 is 10.5 Å². The highest BCUT2D eigenvalue weighted by Gasteiger charge is 2.26. The molecular weight excluding hydrogens is 312 g/mol. The molecule has 0 saturated carbocycles. The maximum Gasteiger partial charge on any atom is 0.0707 e. The lowest BCUT2D eigenvalue weighted by molar-refractivity contribution is 0.0227. The number of ether oxygens (including phenoxy) is 1. The third-order valence-corrected chi connectivity index (χ3v) is 4.96. The Morgan fingerprint density at radius 3 is 2.76 bits per heavy atom. The molecule has 2 aromatic rings. The largest absolute Gasteiger partial charge is 0.373 e. The number of benzene rings is 1. The van der Waals surface area contributed by atoms with Crippen LogP contribution in [-0.4, -0.2) is 40.0 Å². The van der Waals surface area contributed by atoms with Crippen LogP contribution in [-0.2, 0) is 31.3 Å². The Bertz CT molecular complexity index is 669. The van der Waals surface area contributed by atoms with E-state index in [0.717, 1.165) is 38.9 Å². The quantitative estimate of drug-likeness (QED) is 0.801. The Morgan fingerprint density at radius 2 is 2.04 bits per heavy atom. The van der Waals surface area contributed by atoms with Crippen LogP contribution in [0.1, 0.15) is 36.5 Å². The molecule has 136 valence electrons. The lowest BCUT2D eigenvalue weighted by atomic mass is 10.0. The monoisotopic (exact) mass is 342 g/mol. The van der Waals surface area contributed by atoms with Crippen LogP contribution in [0.2, 0.25) is 0 Å². The topological polar surface area (TPSA) is 56.3 Å². The number of aromatic nitrogens is 2. The predicted molar refractivity (Wildman–Crippen MR) is 100 cm³/mol. The Balaban J connectivity index is 1.49. The molecule has 0 unspecified atom stereocenters. The molecule has 3 rings (SSSR count). The molecule has 2 atom stereocenters. The number of nitrogens with zero attached hydrogens (tertiary/aromatic N) is 3. The average Bonchev–Trinajstić information content (AvgIpc) is 3.23. The van der Waals surface area contributed by atoms with Crippen LogP contribution < -0.4 is 5.73 Å². The van der Waals surface area contributed by atoms with E-state index in [1.165, 1.54) is 16.7 Å². The predicted octanol–water partition coefficient (Wildman–Crippen LogP) is 2.49. The summed E-state index contributed by atoms with van der Waals surface area (Å²) in [6.45, 7) is 5.76. The first-order chi connectivity index (χ1) is 12.2. The van der Waals surface area contributed by atoms with E-state index >= 15 is 0 Å². The van der Waals surface area contributed by atoms with E-state index in [1.807, 2.05) is 17.9 Å². The molecule has 0 aliphatic carbocycles. The van der Waals surface area contributed by atoms with Crippen LogP contribution in [0.25, 0.3) is 0 Å². The normalized spacial score (nSPS) is 20.5. The van der Waals surface area contributed by atoms with Crippen LogP contribution in [0, 0.1) is 0 Å². The molecule has 1 aromatic carbocycles. The number of aryl methyl sites for hydroxylation is 1. The molecule has 5 heteroatoms. The Kier molecular flexibility index (Phi) is 6.24. The minimum absolute atomic E-state index is 0.329. The van der Waals surface area contributed by atoms with E-state index in [2.05, 4.69) is 47.4 Å². The van der Waals surface area contributed by atoms with Crippen molar-refractivity contribution in [3.8, 4) is 0 Å². The van der Waals surface area contributed by atoms with Gasteiger partial charge in [-0.05, 0) is 36.9 Å². The second kappa shape index (κ2) is 8.61. The van der Waals surface area contributed by atoms with Crippen molar-refractivity contribution in [2.45, 2.75) is 51.5 Å². The van der Waals surface area contributed by atoms with E-state index in [9.17, 15) is 0 Å². The van der Waals surface area contributed by atoms with Crippen molar-refractivity contribution in [2.75, 3.05) is 13.1 Å². The second-order valence-corrected chi connectivity index (χ2v) is 7.04. The summed E-state index contributed by atoms with van der Waals surface area (Å²) in [6.07, 6.45) is 7.97. The van der Waals surface area contributed by atoms with Gasteiger partial charge in [-0.3, -0.25) is 9.58 Å². The molecule has 25 heavy (non-hydrogen) atoms. The number of hydrogen-bond donors (Lipinski definition) is 1. The Morgan fingerprint density at radius 1 is 1.24 bits per heavy atom. The fraction of sp³-hybridized carbons (Fsp3) is 0.550. The molecular formula is C20H30N4O. The molecule has 5 nitrogen and oxygen atoms in total. The van der Waals surface area contributed by atoms with Crippen molar-refractivity contribution >= 4 is 0 Å². The van der Waals surface area contributed by atoms with Gasteiger partial charge in [0.15, 0.2) is 0 Å². The number of nitrogens with two attached hydrogens (primary N) is 1. The van der Waals surface area contributed by atoms with Crippen LogP contribution in [0.5, 0.6) is 0 Å². The molecule has 2 heterocycles. The first kappa shape index (κ1) is 18.1. The van der Waals surface area contributed by atoms with E-state index in [1.54, 1.807) is 0 Å². The third-order valence-electron chi connectivity index (χ3n) is 4.96. The van der Waals surface area contributed by atoms with Crippen LogP contribution >= 0.6 is 0 Å². The summed E-state index contributed by atoms with van der Waals surface area (Å²) in [5.74, 6) is 0. The molecule has 1 saturated heterocycles. The van der Waals surface area contributed by atoms with Gasteiger partial charge >= 0.3 is 0 Å². The van der Waals surface area contributed by atoms with Gasteiger partial charge in [-0.25, -0.2) is 0 Å². The van der Waals surface area contributed by atoms with E-state index in [-0.39, 0.29) is 0 Å². The number of rotatable bonds is 8. The van der Waals surface area contributed by atoms with Gasteiger partial charge in [0.1, 0.15) is 0 Å². The van der Waals surface area contributed by atoms with Crippen molar-refractivity contribution in [3.63, 3.8) is 0 Å². The average molecular weight is 342 g/mol. The lowest BCUT2D eigenvalue weighted by Crippen LogP contribution is -2.32. The van der Waals surface area contributed by atoms with Crippen molar-refractivity contribution in [1.29, 1.82) is 0 Å². The summed E-state index contributed by atoms with van der Waals surface area (Å²) in [6, 6.07) is 8.56. The number of hydrogen-bond acceptors (Lipinski definition) is 4. The van der Waals surface area contributed by atoms with Crippen LogP contribution in [0.3, 0.4) is 0 Å². The fourth-order valence-corrected chi connectivity index (χ4v) is 3.62. The van der Waals surface area contributed by atoms with Gasteiger partial charge in [-0.2, -0.15) is 5.10 Å². The summed E-state index contributed by atoms with van der Waals surface area (Å²) in [4.78, 5) is 2.44. The van der Waals surface area contributed by atoms with Gasteiger partial charge in [0, 0.05) is 38.4 Å². The smallest absolute Gasteiger partial charge is 0.0707 e. The maximum absolute atomic E-state index is 6.32. The maximum atomic E-state index is 6.32. The van der Waals surface area contributed by atoms with Gasteiger partial charge in [0.2, 0.25) is 0 Å². The summed E-state index contributed by atoms with van der Waals surface area (Å²) in [5, 5.41) is 4.26. The highest BCUT2D eigenvalue weighted by Crippen LogP contribution is 2.24. The summed E-state index contributed by atoms with van der Waals surface area (Å²) < 4.78 is 8.18. The van der Waals surface area contributed by atoms with Gasteiger partial charge in [-0.1, -0.05) is 31.2 Å².